The second-order valence-corrected chi connectivity index (χ2v) is 5.09. The first kappa shape index (κ1) is 13.6. The van der Waals surface area contributed by atoms with Crippen molar-refractivity contribution >= 4 is 23.2 Å². The third-order valence-electron chi connectivity index (χ3n) is 3.07. The maximum Gasteiger partial charge on any atom is 0.228 e. The highest BCUT2D eigenvalue weighted by Gasteiger charge is 2.05. The number of halogens is 1. The van der Waals surface area contributed by atoms with E-state index >= 15 is 0 Å². The Labute approximate surface area is 118 Å². The molecule has 0 fully saturated rings. The van der Waals surface area contributed by atoms with Crippen molar-refractivity contribution in [2.75, 3.05) is 5.32 Å². The summed E-state index contributed by atoms with van der Waals surface area (Å²) in [6, 6.07) is 13.2. The van der Waals surface area contributed by atoms with Gasteiger partial charge in [-0.05, 0) is 54.8 Å². The van der Waals surface area contributed by atoms with E-state index in [2.05, 4.69) is 12.2 Å². The van der Waals surface area contributed by atoms with Gasteiger partial charge in [-0.25, -0.2) is 0 Å². The lowest BCUT2D eigenvalue weighted by atomic mass is 10.1. The van der Waals surface area contributed by atoms with E-state index in [9.17, 15) is 4.79 Å². The van der Waals surface area contributed by atoms with Gasteiger partial charge < -0.3 is 5.32 Å². The molecule has 0 bridgehead atoms. The zero-order valence-electron chi connectivity index (χ0n) is 11.0. The monoisotopic (exact) mass is 273 g/mol. The minimum atomic E-state index is -0.0226. The molecule has 2 rings (SSSR count). The van der Waals surface area contributed by atoms with Gasteiger partial charge >= 0.3 is 0 Å². The molecule has 0 atom stereocenters. The largest absolute Gasteiger partial charge is 0.326 e. The van der Waals surface area contributed by atoms with Gasteiger partial charge in [0.25, 0.3) is 0 Å². The number of hydrogen-bond acceptors (Lipinski definition) is 1. The van der Waals surface area contributed by atoms with Crippen LogP contribution in [0, 0.1) is 13.8 Å². The molecule has 0 aromatic heterocycles. The van der Waals surface area contributed by atoms with Gasteiger partial charge in [-0.3, -0.25) is 4.79 Å². The van der Waals surface area contributed by atoms with Crippen molar-refractivity contribution in [1.29, 1.82) is 0 Å². The maximum absolute atomic E-state index is 11.9. The Hall–Kier alpha value is -1.80. The fourth-order valence-corrected chi connectivity index (χ4v) is 1.94. The van der Waals surface area contributed by atoms with Crippen molar-refractivity contribution in [2.24, 2.45) is 0 Å². The molecule has 19 heavy (non-hydrogen) atoms. The number of amides is 1. The van der Waals surface area contributed by atoms with Crippen LogP contribution in [-0.2, 0) is 11.2 Å². The van der Waals surface area contributed by atoms with E-state index in [4.69, 9.17) is 11.6 Å². The third-order valence-corrected chi connectivity index (χ3v) is 3.32. The highest BCUT2D eigenvalue weighted by molar-refractivity contribution is 6.30. The van der Waals surface area contributed by atoms with Crippen LogP contribution in [0.1, 0.15) is 16.7 Å². The second-order valence-electron chi connectivity index (χ2n) is 4.65. The summed E-state index contributed by atoms with van der Waals surface area (Å²) in [6.45, 7) is 4.08. The molecule has 0 aliphatic heterocycles. The molecular formula is C16H16ClNO. The number of nitrogens with one attached hydrogen (secondary N) is 1. The SMILES string of the molecule is Cc1ccc(NC(=O)Cc2ccc(Cl)cc2)cc1C. The van der Waals surface area contributed by atoms with Crippen LogP contribution in [0.15, 0.2) is 42.5 Å². The molecule has 98 valence electrons. The minimum Gasteiger partial charge on any atom is -0.326 e. The average Bonchev–Trinajstić information content (AvgIpc) is 2.37. The molecule has 0 unspecified atom stereocenters. The first-order valence-electron chi connectivity index (χ1n) is 6.16. The van der Waals surface area contributed by atoms with E-state index < -0.39 is 0 Å². The standard InChI is InChI=1S/C16H16ClNO/c1-11-3-8-15(9-12(11)2)18-16(19)10-13-4-6-14(17)7-5-13/h3-9H,10H2,1-2H3,(H,18,19). The molecule has 0 aliphatic carbocycles. The smallest absolute Gasteiger partial charge is 0.228 e. The highest BCUT2D eigenvalue weighted by Crippen LogP contribution is 2.15. The predicted molar refractivity (Wildman–Crippen MR) is 79.7 cm³/mol. The van der Waals surface area contributed by atoms with Crippen LogP contribution in [0.2, 0.25) is 5.02 Å². The summed E-state index contributed by atoms with van der Waals surface area (Å²) in [7, 11) is 0. The Kier molecular flexibility index (Phi) is 4.23. The molecule has 1 amide bonds. The van der Waals surface area contributed by atoms with Crippen LogP contribution in [0.25, 0.3) is 0 Å². The van der Waals surface area contributed by atoms with Crippen LogP contribution in [0.4, 0.5) is 5.69 Å². The van der Waals surface area contributed by atoms with Gasteiger partial charge in [-0.2, -0.15) is 0 Å². The molecule has 2 aromatic rings. The van der Waals surface area contributed by atoms with E-state index in [1.807, 2.05) is 37.3 Å². The maximum atomic E-state index is 11.9. The second kappa shape index (κ2) is 5.89. The fourth-order valence-electron chi connectivity index (χ4n) is 1.81. The Morgan fingerprint density at radius 2 is 1.74 bits per heavy atom. The molecule has 0 saturated heterocycles. The molecular weight excluding hydrogens is 258 g/mol. The summed E-state index contributed by atoms with van der Waals surface area (Å²) in [5, 5.41) is 3.58. The van der Waals surface area contributed by atoms with E-state index in [1.54, 1.807) is 12.1 Å². The van der Waals surface area contributed by atoms with Gasteiger partial charge in [-0.1, -0.05) is 29.8 Å². The van der Waals surface area contributed by atoms with Crippen molar-refractivity contribution in [3.8, 4) is 0 Å². The van der Waals surface area contributed by atoms with Gasteiger partial charge in [0.15, 0.2) is 0 Å². The Morgan fingerprint density at radius 1 is 1.05 bits per heavy atom. The highest BCUT2D eigenvalue weighted by atomic mass is 35.5. The molecule has 0 heterocycles. The summed E-state index contributed by atoms with van der Waals surface area (Å²) < 4.78 is 0. The number of rotatable bonds is 3. The summed E-state index contributed by atoms with van der Waals surface area (Å²) in [4.78, 5) is 11.9. The molecule has 0 aliphatic rings. The molecule has 2 nitrogen and oxygen atoms in total. The van der Waals surface area contributed by atoms with Crippen molar-refractivity contribution in [2.45, 2.75) is 20.3 Å². The summed E-state index contributed by atoms with van der Waals surface area (Å²) in [6.07, 6.45) is 0.351. The number of carbonyl (C=O) groups is 1. The van der Waals surface area contributed by atoms with E-state index in [0.717, 1.165) is 11.3 Å². The molecule has 1 N–H and O–H groups in total. The lowest BCUT2D eigenvalue weighted by Crippen LogP contribution is -2.14. The zero-order valence-corrected chi connectivity index (χ0v) is 11.8. The lowest BCUT2D eigenvalue weighted by molar-refractivity contribution is -0.115. The van der Waals surface area contributed by atoms with Gasteiger partial charge in [0.1, 0.15) is 0 Å². The Balaban J connectivity index is 2.01. The van der Waals surface area contributed by atoms with Crippen molar-refractivity contribution in [1.82, 2.24) is 0 Å². The fraction of sp³-hybridized carbons (Fsp3) is 0.188. The minimum absolute atomic E-state index is 0.0226. The van der Waals surface area contributed by atoms with Gasteiger partial charge in [0.2, 0.25) is 5.91 Å². The quantitative estimate of drug-likeness (QED) is 0.895. The van der Waals surface area contributed by atoms with Gasteiger partial charge in [0.05, 0.1) is 6.42 Å². The van der Waals surface area contributed by atoms with Crippen molar-refractivity contribution in [3.05, 3.63) is 64.2 Å². The van der Waals surface area contributed by atoms with E-state index in [-0.39, 0.29) is 5.91 Å². The van der Waals surface area contributed by atoms with Crippen molar-refractivity contribution < 1.29 is 4.79 Å². The van der Waals surface area contributed by atoms with Gasteiger partial charge in [-0.15, -0.1) is 0 Å². The van der Waals surface area contributed by atoms with Gasteiger partial charge in [0, 0.05) is 10.7 Å². The zero-order chi connectivity index (χ0) is 13.8. The van der Waals surface area contributed by atoms with E-state index in [0.29, 0.717) is 11.4 Å². The van der Waals surface area contributed by atoms with E-state index in [1.165, 1.54) is 11.1 Å². The van der Waals surface area contributed by atoms with Crippen LogP contribution < -0.4 is 5.32 Å². The summed E-state index contributed by atoms with van der Waals surface area (Å²) in [5.41, 5.74) is 4.17. The molecule has 0 spiro atoms. The number of hydrogen-bond donors (Lipinski definition) is 1. The topological polar surface area (TPSA) is 29.1 Å². The molecule has 3 heteroatoms. The predicted octanol–water partition coefficient (Wildman–Crippen LogP) is 4.14. The lowest BCUT2D eigenvalue weighted by Gasteiger charge is -2.08. The normalized spacial score (nSPS) is 10.3. The van der Waals surface area contributed by atoms with Crippen molar-refractivity contribution in [3.63, 3.8) is 0 Å². The summed E-state index contributed by atoms with van der Waals surface area (Å²) in [5.74, 6) is -0.0226. The number of anilines is 1. The van der Waals surface area contributed by atoms with Crippen LogP contribution in [-0.4, -0.2) is 5.91 Å². The Morgan fingerprint density at radius 3 is 2.37 bits per heavy atom. The molecule has 2 aromatic carbocycles. The molecule has 0 radical (unpaired) electrons. The number of aryl methyl sites for hydroxylation is 2. The number of benzene rings is 2. The first-order chi connectivity index (χ1) is 9.04. The number of carbonyl (C=O) groups excluding carboxylic acids is 1. The first-order valence-corrected chi connectivity index (χ1v) is 6.54. The van der Waals surface area contributed by atoms with Crippen LogP contribution in [0.3, 0.4) is 0 Å². The molecule has 0 saturated carbocycles. The third kappa shape index (κ3) is 3.83. The van der Waals surface area contributed by atoms with Crippen LogP contribution in [0.5, 0.6) is 0 Å². The average molecular weight is 274 g/mol. The Bertz CT molecular complexity index is 590. The summed E-state index contributed by atoms with van der Waals surface area (Å²) >= 11 is 5.81. The van der Waals surface area contributed by atoms with Crippen LogP contribution >= 0.6 is 11.6 Å².